The number of aliphatic carboxylic acids is 1. The van der Waals surface area contributed by atoms with Crippen LogP contribution in [0.25, 0.3) is 6.08 Å². The molecule has 1 aliphatic heterocycles. The Morgan fingerprint density at radius 3 is 2.67 bits per heavy atom. The molecular formula is C16H13FN2O4S. The van der Waals surface area contributed by atoms with Crippen molar-refractivity contribution in [2.75, 3.05) is 10.8 Å². The maximum absolute atomic E-state index is 13.0. The summed E-state index contributed by atoms with van der Waals surface area (Å²) < 4.78 is 39.5. The molecule has 124 valence electrons. The van der Waals surface area contributed by atoms with Crippen molar-refractivity contribution in [1.82, 2.24) is 4.98 Å². The van der Waals surface area contributed by atoms with Gasteiger partial charge in [0.2, 0.25) is 0 Å². The quantitative estimate of drug-likeness (QED) is 0.855. The van der Waals surface area contributed by atoms with Gasteiger partial charge in [0.1, 0.15) is 11.6 Å². The third kappa shape index (κ3) is 3.00. The van der Waals surface area contributed by atoms with Gasteiger partial charge in [-0.1, -0.05) is 0 Å². The monoisotopic (exact) mass is 348 g/mol. The van der Waals surface area contributed by atoms with Crippen LogP contribution in [0.5, 0.6) is 0 Å². The summed E-state index contributed by atoms with van der Waals surface area (Å²) in [5.74, 6) is -1.27. The van der Waals surface area contributed by atoms with Crippen molar-refractivity contribution >= 4 is 27.9 Å². The van der Waals surface area contributed by atoms with E-state index in [0.29, 0.717) is 23.4 Å². The van der Waals surface area contributed by atoms with Gasteiger partial charge in [-0.25, -0.2) is 26.9 Å². The van der Waals surface area contributed by atoms with Crippen LogP contribution >= 0.6 is 0 Å². The van der Waals surface area contributed by atoms with Gasteiger partial charge in [-0.2, -0.15) is 0 Å². The molecule has 3 rings (SSSR count). The van der Waals surface area contributed by atoms with E-state index in [1.807, 2.05) is 0 Å². The Labute approximate surface area is 137 Å². The second-order valence-corrected chi connectivity index (χ2v) is 7.07. The lowest BCUT2D eigenvalue weighted by Crippen LogP contribution is -2.29. The van der Waals surface area contributed by atoms with E-state index in [2.05, 4.69) is 4.98 Å². The van der Waals surface area contributed by atoms with Crippen LogP contribution in [0.1, 0.15) is 11.1 Å². The molecule has 24 heavy (non-hydrogen) atoms. The van der Waals surface area contributed by atoms with E-state index < -0.39 is 21.8 Å². The van der Waals surface area contributed by atoms with Crippen LogP contribution in [0, 0.1) is 5.82 Å². The molecule has 2 aromatic rings. The second kappa shape index (κ2) is 6.04. The van der Waals surface area contributed by atoms with Crippen LogP contribution in [0.15, 0.2) is 47.5 Å². The number of hydrogen-bond acceptors (Lipinski definition) is 4. The number of carboxylic acid groups (broad SMARTS) is 1. The Balaban J connectivity index is 1.94. The molecular weight excluding hydrogens is 335 g/mol. The predicted molar refractivity (Wildman–Crippen MR) is 85.5 cm³/mol. The van der Waals surface area contributed by atoms with Gasteiger partial charge < -0.3 is 5.11 Å². The smallest absolute Gasteiger partial charge is 0.328 e. The molecule has 0 unspecified atom stereocenters. The largest absolute Gasteiger partial charge is 0.478 e. The first kappa shape index (κ1) is 16.1. The second-order valence-electron chi connectivity index (χ2n) is 5.20. The maximum atomic E-state index is 13.0. The number of sulfonamides is 1. The van der Waals surface area contributed by atoms with Crippen molar-refractivity contribution in [3.8, 4) is 0 Å². The SMILES string of the molecule is O=C(O)/C=C/c1cnc2c(c1)CCN2S(=O)(=O)c1ccc(F)cc1. The Morgan fingerprint density at radius 2 is 2.00 bits per heavy atom. The first-order valence-corrected chi connectivity index (χ1v) is 8.50. The van der Waals surface area contributed by atoms with Crippen LogP contribution in [0.2, 0.25) is 0 Å². The van der Waals surface area contributed by atoms with E-state index in [9.17, 15) is 17.6 Å². The van der Waals surface area contributed by atoms with E-state index in [-0.39, 0.29) is 11.4 Å². The third-order valence-electron chi connectivity index (χ3n) is 3.60. The number of pyridine rings is 1. The standard InChI is InChI=1S/C16H13FN2O4S/c17-13-2-4-14(5-3-13)24(22,23)19-8-7-12-9-11(1-6-15(20)21)10-18-16(12)19/h1-6,9-10H,7-8H2,(H,20,21)/b6-1+. The highest BCUT2D eigenvalue weighted by molar-refractivity contribution is 7.92. The molecule has 0 bridgehead atoms. The van der Waals surface area contributed by atoms with Crippen LogP contribution in [0.3, 0.4) is 0 Å². The van der Waals surface area contributed by atoms with E-state index in [1.165, 1.54) is 28.7 Å². The summed E-state index contributed by atoms with van der Waals surface area (Å²) in [6, 6.07) is 6.33. The molecule has 0 saturated heterocycles. The minimum Gasteiger partial charge on any atom is -0.478 e. The van der Waals surface area contributed by atoms with Gasteiger partial charge >= 0.3 is 5.97 Å². The van der Waals surface area contributed by atoms with Crippen molar-refractivity contribution in [2.24, 2.45) is 0 Å². The summed E-state index contributed by atoms with van der Waals surface area (Å²) in [5.41, 5.74) is 1.30. The molecule has 0 atom stereocenters. The number of carboxylic acids is 1. The summed E-state index contributed by atoms with van der Waals surface area (Å²) in [5, 5.41) is 8.64. The first-order valence-electron chi connectivity index (χ1n) is 7.06. The molecule has 1 N–H and O–H groups in total. The predicted octanol–water partition coefficient (Wildman–Crippen LogP) is 2.07. The number of halogens is 1. The van der Waals surface area contributed by atoms with Gasteiger partial charge in [-0.05, 0) is 54.0 Å². The minimum absolute atomic E-state index is 0.00611. The average molecular weight is 348 g/mol. The minimum atomic E-state index is -3.82. The normalized spacial score (nSPS) is 14.1. The van der Waals surface area contributed by atoms with Crippen LogP contribution in [0.4, 0.5) is 10.2 Å². The zero-order valence-corrected chi connectivity index (χ0v) is 13.2. The van der Waals surface area contributed by atoms with Gasteiger partial charge in [0.15, 0.2) is 0 Å². The third-order valence-corrected chi connectivity index (χ3v) is 5.41. The fourth-order valence-electron chi connectivity index (χ4n) is 2.48. The summed E-state index contributed by atoms with van der Waals surface area (Å²) in [6.07, 6.45) is 4.27. The number of nitrogens with zero attached hydrogens (tertiary/aromatic N) is 2. The van der Waals surface area contributed by atoms with Crippen molar-refractivity contribution in [2.45, 2.75) is 11.3 Å². The Kier molecular flexibility index (Phi) is 4.06. The Bertz CT molecular complexity index is 924. The number of aromatic nitrogens is 1. The number of rotatable bonds is 4. The molecule has 1 aromatic carbocycles. The average Bonchev–Trinajstić information content (AvgIpc) is 2.97. The Morgan fingerprint density at radius 1 is 1.29 bits per heavy atom. The van der Waals surface area contributed by atoms with Crippen LogP contribution in [-0.2, 0) is 21.2 Å². The maximum Gasteiger partial charge on any atom is 0.328 e. The molecule has 2 heterocycles. The molecule has 0 radical (unpaired) electrons. The molecule has 1 aromatic heterocycles. The van der Waals surface area contributed by atoms with E-state index in [4.69, 9.17) is 5.11 Å². The number of anilines is 1. The first-order chi connectivity index (χ1) is 11.4. The number of fused-ring (bicyclic) bond motifs is 1. The van der Waals surface area contributed by atoms with Crippen molar-refractivity contribution in [3.63, 3.8) is 0 Å². The van der Waals surface area contributed by atoms with Crippen LogP contribution in [-0.4, -0.2) is 31.0 Å². The van der Waals surface area contributed by atoms with E-state index >= 15 is 0 Å². The van der Waals surface area contributed by atoms with Crippen molar-refractivity contribution in [1.29, 1.82) is 0 Å². The van der Waals surface area contributed by atoms with Gasteiger partial charge in [-0.3, -0.25) is 0 Å². The molecule has 0 spiro atoms. The topological polar surface area (TPSA) is 87.6 Å². The summed E-state index contributed by atoms with van der Waals surface area (Å²) in [7, 11) is -3.82. The Hall–Kier alpha value is -2.74. The highest BCUT2D eigenvalue weighted by Crippen LogP contribution is 2.31. The lowest BCUT2D eigenvalue weighted by atomic mass is 10.1. The number of benzene rings is 1. The zero-order chi connectivity index (χ0) is 17.3. The number of carbonyl (C=O) groups is 1. The van der Waals surface area contributed by atoms with Crippen molar-refractivity contribution in [3.05, 3.63) is 59.5 Å². The van der Waals surface area contributed by atoms with E-state index in [1.54, 1.807) is 6.07 Å². The zero-order valence-electron chi connectivity index (χ0n) is 12.4. The molecule has 8 heteroatoms. The lowest BCUT2D eigenvalue weighted by molar-refractivity contribution is -0.131. The van der Waals surface area contributed by atoms with Gasteiger partial charge in [0, 0.05) is 18.8 Å². The number of hydrogen-bond donors (Lipinski definition) is 1. The summed E-state index contributed by atoms with van der Waals surface area (Å²) in [4.78, 5) is 14.7. The molecule has 6 nitrogen and oxygen atoms in total. The lowest BCUT2D eigenvalue weighted by Gasteiger charge is -2.18. The molecule has 0 amide bonds. The van der Waals surface area contributed by atoms with E-state index in [0.717, 1.165) is 18.2 Å². The van der Waals surface area contributed by atoms with Crippen molar-refractivity contribution < 1.29 is 22.7 Å². The molecule has 0 fully saturated rings. The van der Waals surface area contributed by atoms with Gasteiger partial charge in [-0.15, -0.1) is 0 Å². The highest BCUT2D eigenvalue weighted by atomic mass is 32.2. The summed E-state index contributed by atoms with van der Waals surface area (Å²) in [6.45, 7) is 0.230. The summed E-state index contributed by atoms with van der Waals surface area (Å²) >= 11 is 0. The fourth-order valence-corrected chi connectivity index (χ4v) is 3.94. The van der Waals surface area contributed by atoms with Crippen LogP contribution < -0.4 is 4.31 Å². The van der Waals surface area contributed by atoms with Gasteiger partial charge in [0.25, 0.3) is 10.0 Å². The van der Waals surface area contributed by atoms with Gasteiger partial charge in [0.05, 0.1) is 4.90 Å². The molecule has 1 aliphatic rings. The molecule has 0 saturated carbocycles. The highest BCUT2D eigenvalue weighted by Gasteiger charge is 2.32. The molecule has 0 aliphatic carbocycles. The fraction of sp³-hybridized carbons (Fsp3) is 0.125.